The van der Waals surface area contributed by atoms with Crippen molar-refractivity contribution in [1.29, 1.82) is 0 Å². The monoisotopic (exact) mass is 311 g/mol. The Morgan fingerprint density at radius 2 is 2.35 bits per heavy atom. The van der Waals surface area contributed by atoms with Gasteiger partial charge in [-0.1, -0.05) is 6.07 Å². The third-order valence-corrected chi connectivity index (χ3v) is 4.45. The van der Waals surface area contributed by atoms with Crippen LogP contribution in [0.4, 0.5) is 11.5 Å². The van der Waals surface area contributed by atoms with Crippen LogP contribution in [0.5, 0.6) is 0 Å². The first-order valence-corrected chi connectivity index (χ1v) is 7.02. The van der Waals surface area contributed by atoms with Gasteiger partial charge >= 0.3 is 0 Å². The molecule has 3 nitrogen and oxygen atoms in total. The summed E-state index contributed by atoms with van der Waals surface area (Å²) in [4.78, 5) is 5.65. The molecule has 0 aromatic carbocycles. The summed E-state index contributed by atoms with van der Waals surface area (Å²) in [5.74, 6) is 0.855. The maximum Gasteiger partial charge on any atom is 0.140 e. The van der Waals surface area contributed by atoms with Gasteiger partial charge in [0.05, 0.1) is 16.4 Å². The Morgan fingerprint density at radius 3 is 3.06 bits per heavy atom. The van der Waals surface area contributed by atoms with Crippen molar-refractivity contribution in [2.45, 2.75) is 13.3 Å². The van der Waals surface area contributed by atoms with Gasteiger partial charge in [-0.15, -0.1) is 11.3 Å². The van der Waals surface area contributed by atoms with Crippen molar-refractivity contribution in [2.75, 3.05) is 17.6 Å². The van der Waals surface area contributed by atoms with Crippen LogP contribution in [-0.2, 0) is 6.42 Å². The Hall–Kier alpha value is -1.07. The molecule has 2 rings (SSSR count). The van der Waals surface area contributed by atoms with Crippen LogP contribution in [0.3, 0.4) is 0 Å². The van der Waals surface area contributed by atoms with Gasteiger partial charge in [0.25, 0.3) is 0 Å². The molecule has 2 heterocycles. The lowest BCUT2D eigenvalue weighted by Gasteiger charge is -2.10. The van der Waals surface area contributed by atoms with Gasteiger partial charge in [0.2, 0.25) is 0 Å². The summed E-state index contributed by atoms with van der Waals surface area (Å²) in [6.45, 7) is 2.85. The SMILES string of the molecule is Cc1c(N)cnc(NCCc2cccs2)c1Br. The summed E-state index contributed by atoms with van der Waals surface area (Å²) in [5, 5.41) is 5.41. The van der Waals surface area contributed by atoms with Gasteiger partial charge in [-0.3, -0.25) is 0 Å². The number of rotatable bonds is 4. The fourth-order valence-electron chi connectivity index (χ4n) is 1.47. The highest BCUT2D eigenvalue weighted by atomic mass is 79.9. The topological polar surface area (TPSA) is 50.9 Å². The average Bonchev–Trinajstić information content (AvgIpc) is 2.82. The minimum Gasteiger partial charge on any atom is -0.397 e. The zero-order chi connectivity index (χ0) is 12.3. The Labute approximate surface area is 113 Å². The standard InChI is InChI=1S/C12H14BrN3S/c1-8-10(14)7-16-12(11(8)13)15-5-4-9-3-2-6-17-9/h2-3,6-7H,4-5,14H2,1H3,(H,15,16). The number of halogens is 1. The van der Waals surface area contributed by atoms with E-state index in [1.54, 1.807) is 17.5 Å². The lowest BCUT2D eigenvalue weighted by molar-refractivity contribution is 1.02. The van der Waals surface area contributed by atoms with E-state index < -0.39 is 0 Å². The van der Waals surface area contributed by atoms with Crippen molar-refractivity contribution in [3.05, 3.63) is 38.6 Å². The maximum atomic E-state index is 5.78. The maximum absolute atomic E-state index is 5.78. The normalized spacial score (nSPS) is 10.5. The molecule has 0 aliphatic carbocycles. The summed E-state index contributed by atoms with van der Waals surface area (Å²) >= 11 is 5.28. The van der Waals surface area contributed by atoms with E-state index in [-0.39, 0.29) is 0 Å². The number of pyridine rings is 1. The van der Waals surface area contributed by atoms with E-state index in [1.807, 2.05) is 6.92 Å². The molecular formula is C12H14BrN3S. The number of nitrogens with one attached hydrogen (secondary N) is 1. The molecule has 5 heteroatoms. The van der Waals surface area contributed by atoms with Crippen molar-refractivity contribution >= 4 is 38.8 Å². The van der Waals surface area contributed by atoms with Crippen LogP contribution in [0.1, 0.15) is 10.4 Å². The number of thiophene rings is 1. The van der Waals surface area contributed by atoms with E-state index in [0.717, 1.165) is 28.8 Å². The molecule has 0 amide bonds. The van der Waals surface area contributed by atoms with Gasteiger partial charge in [-0.2, -0.15) is 0 Å². The second-order valence-corrected chi connectivity index (χ2v) is 5.58. The number of anilines is 2. The van der Waals surface area contributed by atoms with Gasteiger partial charge in [-0.25, -0.2) is 4.98 Å². The van der Waals surface area contributed by atoms with Crippen molar-refractivity contribution < 1.29 is 0 Å². The van der Waals surface area contributed by atoms with Crippen molar-refractivity contribution in [3.63, 3.8) is 0 Å². The molecule has 0 atom stereocenters. The van der Waals surface area contributed by atoms with E-state index >= 15 is 0 Å². The minimum atomic E-state index is 0.709. The first-order chi connectivity index (χ1) is 8.18. The van der Waals surface area contributed by atoms with Crippen molar-refractivity contribution in [1.82, 2.24) is 4.98 Å². The molecular weight excluding hydrogens is 298 g/mol. The Morgan fingerprint density at radius 1 is 1.53 bits per heavy atom. The number of nitrogen functional groups attached to an aromatic ring is 1. The van der Waals surface area contributed by atoms with Crippen molar-refractivity contribution in [3.8, 4) is 0 Å². The number of aromatic nitrogens is 1. The van der Waals surface area contributed by atoms with Gasteiger partial charge < -0.3 is 11.1 Å². The molecule has 3 N–H and O–H groups in total. The molecule has 90 valence electrons. The van der Waals surface area contributed by atoms with Gasteiger partial charge in [0.1, 0.15) is 5.82 Å². The van der Waals surface area contributed by atoms with Crippen LogP contribution in [0.25, 0.3) is 0 Å². The highest BCUT2D eigenvalue weighted by Gasteiger charge is 2.06. The lowest BCUT2D eigenvalue weighted by atomic mass is 10.2. The Balaban J connectivity index is 1.97. The molecule has 17 heavy (non-hydrogen) atoms. The molecule has 0 unspecified atom stereocenters. The fourth-order valence-corrected chi connectivity index (χ4v) is 2.65. The summed E-state index contributed by atoms with van der Waals surface area (Å²) in [6, 6.07) is 4.21. The Kier molecular flexibility index (Phi) is 4.02. The van der Waals surface area contributed by atoms with Gasteiger partial charge in [0, 0.05) is 11.4 Å². The fraction of sp³-hybridized carbons (Fsp3) is 0.250. The van der Waals surface area contributed by atoms with Crippen LogP contribution in [0, 0.1) is 6.92 Å². The molecule has 0 radical (unpaired) electrons. The van der Waals surface area contributed by atoms with E-state index in [9.17, 15) is 0 Å². The predicted molar refractivity (Wildman–Crippen MR) is 77.6 cm³/mol. The highest BCUT2D eigenvalue weighted by molar-refractivity contribution is 9.10. The third-order valence-electron chi connectivity index (χ3n) is 2.55. The summed E-state index contributed by atoms with van der Waals surface area (Å²) in [6.07, 6.45) is 2.70. The summed E-state index contributed by atoms with van der Waals surface area (Å²) in [7, 11) is 0. The van der Waals surface area contributed by atoms with E-state index in [1.165, 1.54) is 4.88 Å². The number of hydrogen-bond donors (Lipinski definition) is 2. The second-order valence-electron chi connectivity index (χ2n) is 3.76. The van der Waals surface area contributed by atoms with Crippen LogP contribution in [0.2, 0.25) is 0 Å². The molecule has 0 aliphatic heterocycles. The second kappa shape index (κ2) is 5.51. The first kappa shape index (κ1) is 12.4. The highest BCUT2D eigenvalue weighted by Crippen LogP contribution is 2.27. The number of hydrogen-bond acceptors (Lipinski definition) is 4. The Bertz CT molecular complexity index is 497. The van der Waals surface area contributed by atoms with Gasteiger partial charge in [-0.05, 0) is 46.3 Å². The molecule has 0 saturated heterocycles. The molecule has 0 saturated carbocycles. The molecule has 0 bridgehead atoms. The summed E-state index contributed by atoms with van der Waals surface area (Å²) < 4.78 is 0.948. The third kappa shape index (κ3) is 2.98. The molecule has 2 aromatic heterocycles. The van der Waals surface area contributed by atoms with Crippen LogP contribution in [0.15, 0.2) is 28.2 Å². The molecule has 0 fully saturated rings. The smallest absolute Gasteiger partial charge is 0.140 e. The van der Waals surface area contributed by atoms with E-state index in [4.69, 9.17) is 5.73 Å². The molecule has 0 spiro atoms. The van der Waals surface area contributed by atoms with Crippen LogP contribution in [-0.4, -0.2) is 11.5 Å². The van der Waals surface area contributed by atoms with Crippen molar-refractivity contribution in [2.24, 2.45) is 0 Å². The zero-order valence-electron chi connectivity index (χ0n) is 9.53. The number of nitrogens with two attached hydrogens (primary N) is 1. The van der Waals surface area contributed by atoms with Gasteiger partial charge in [0.15, 0.2) is 0 Å². The van der Waals surface area contributed by atoms with E-state index in [0.29, 0.717) is 5.69 Å². The number of nitrogens with zero attached hydrogens (tertiary/aromatic N) is 1. The van der Waals surface area contributed by atoms with E-state index in [2.05, 4.69) is 43.7 Å². The lowest BCUT2D eigenvalue weighted by Crippen LogP contribution is -2.07. The molecule has 0 aliphatic rings. The van der Waals surface area contributed by atoms with Crippen LogP contribution < -0.4 is 11.1 Å². The van der Waals surface area contributed by atoms with Crippen LogP contribution >= 0.6 is 27.3 Å². The summed E-state index contributed by atoms with van der Waals surface area (Å²) in [5.41, 5.74) is 7.51. The average molecular weight is 312 g/mol. The molecule has 2 aromatic rings. The predicted octanol–water partition coefficient (Wildman–Crippen LogP) is 3.45. The zero-order valence-corrected chi connectivity index (χ0v) is 11.9. The quantitative estimate of drug-likeness (QED) is 0.909. The minimum absolute atomic E-state index is 0.709. The largest absolute Gasteiger partial charge is 0.397 e. The first-order valence-electron chi connectivity index (χ1n) is 5.35.